The van der Waals surface area contributed by atoms with Crippen molar-refractivity contribution < 1.29 is 4.74 Å². The third-order valence-corrected chi connectivity index (χ3v) is 5.15. The number of ether oxygens (including phenoxy) is 1. The van der Waals surface area contributed by atoms with Crippen molar-refractivity contribution in [2.24, 2.45) is 5.10 Å². The van der Waals surface area contributed by atoms with Crippen LogP contribution in [0.2, 0.25) is 5.02 Å². The standard InChI is InChI=1S/C22H20ClN5O2/c1-3-27-14-15(18-6-4-5-7-20(18)27)12-24-26-19-13-25-28(22(29)21(19)23)16-8-10-17(30-2)11-9-16/h4-14,26H,3H2,1-2H3/b24-12-. The molecule has 0 bridgehead atoms. The highest BCUT2D eigenvalue weighted by Gasteiger charge is 2.11. The number of fused-ring (bicyclic) bond motifs is 1. The van der Waals surface area contributed by atoms with Gasteiger partial charge in [-0.1, -0.05) is 29.8 Å². The van der Waals surface area contributed by atoms with Gasteiger partial charge in [-0.3, -0.25) is 10.2 Å². The van der Waals surface area contributed by atoms with E-state index in [0.717, 1.165) is 23.0 Å². The molecule has 7 nitrogen and oxygen atoms in total. The fourth-order valence-corrected chi connectivity index (χ4v) is 3.40. The molecule has 1 N–H and O–H groups in total. The van der Waals surface area contributed by atoms with Crippen molar-refractivity contribution in [2.75, 3.05) is 12.5 Å². The summed E-state index contributed by atoms with van der Waals surface area (Å²) in [6, 6.07) is 15.1. The van der Waals surface area contributed by atoms with Gasteiger partial charge in [-0.2, -0.15) is 14.9 Å². The van der Waals surface area contributed by atoms with E-state index in [2.05, 4.69) is 33.2 Å². The topological polar surface area (TPSA) is 73.4 Å². The van der Waals surface area contributed by atoms with Crippen LogP contribution in [-0.2, 0) is 6.54 Å². The minimum absolute atomic E-state index is 0.00829. The maximum Gasteiger partial charge on any atom is 0.292 e. The highest BCUT2D eigenvalue weighted by molar-refractivity contribution is 6.33. The van der Waals surface area contributed by atoms with Crippen LogP contribution in [0.5, 0.6) is 5.75 Å². The predicted molar refractivity (Wildman–Crippen MR) is 120 cm³/mol. The van der Waals surface area contributed by atoms with E-state index in [4.69, 9.17) is 16.3 Å². The van der Waals surface area contributed by atoms with Gasteiger partial charge in [0.2, 0.25) is 0 Å². The first kappa shape index (κ1) is 19.7. The molecule has 0 spiro atoms. The quantitative estimate of drug-likeness (QED) is 0.372. The van der Waals surface area contributed by atoms with Crippen LogP contribution in [0.15, 0.2) is 70.8 Å². The molecule has 2 aromatic heterocycles. The highest BCUT2D eigenvalue weighted by Crippen LogP contribution is 2.21. The summed E-state index contributed by atoms with van der Waals surface area (Å²) < 4.78 is 8.51. The first-order valence-corrected chi connectivity index (χ1v) is 9.79. The summed E-state index contributed by atoms with van der Waals surface area (Å²) in [7, 11) is 1.58. The molecule has 0 atom stereocenters. The first-order valence-electron chi connectivity index (χ1n) is 9.41. The van der Waals surface area contributed by atoms with Crippen molar-refractivity contribution in [1.29, 1.82) is 0 Å². The Labute approximate surface area is 178 Å². The average molecular weight is 422 g/mol. The zero-order chi connectivity index (χ0) is 21.1. The van der Waals surface area contributed by atoms with E-state index in [1.54, 1.807) is 37.6 Å². The van der Waals surface area contributed by atoms with Crippen LogP contribution in [0.1, 0.15) is 12.5 Å². The lowest BCUT2D eigenvalue weighted by molar-refractivity contribution is 0.414. The summed E-state index contributed by atoms with van der Waals surface area (Å²) in [4.78, 5) is 12.6. The van der Waals surface area contributed by atoms with E-state index < -0.39 is 5.56 Å². The Bertz CT molecular complexity index is 1280. The van der Waals surface area contributed by atoms with Crippen LogP contribution in [0.25, 0.3) is 16.6 Å². The van der Waals surface area contributed by atoms with E-state index in [-0.39, 0.29) is 5.02 Å². The van der Waals surface area contributed by atoms with E-state index in [9.17, 15) is 4.79 Å². The van der Waals surface area contributed by atoms with Gasteiger partial charge < -0.3 is 9.30 Å². The Hall–Kier alpha value is -3.58. The Kier molecular flexibility index (Phi) is 5.54. The molecule has 4 aromatic rings. The number of anilines is 1. The summed E-state index contributed by atoms with van der Waals surface area (Å²) in [5.74, 6) is 0.690. The van der Waals surface area contributed by atoms with E-state index in [1.165, 1.54) is 10.9 Å². The Morgan fingerprint density at radius 3 is 2.70 bits per heavy atom. The molecule has 4 rings (SSSR count). The molecule has 8 heteroatoms. The van der Waals surface area contributed by atoms with Crippen LogP contribution in [0.4, 0.5) is 5.69 Å². The van der Waals surface area contributed by atoms with Gasteiger partial charge in [0.1, 0.15) is 16.5 Å². The number of halogens is 1. The summed E-state index contributed by atoms with van der Waals surface area (Å²) in [5.41, 5.74) is 5.42. The molecule has 2 aromatic carbocycles. The zero-order valence-corrected chi connectivity index (χ0v) is 17.3. The van der Waals surface area contributed by atoms with Gasteiger partial charge in [0, 0.05) is 29.2 Å². The maximum atomic E-state index is 12.6. The molecule has 2 heterocycles. The van der Waals surface area contributed by atoms with Crippen molar-refractivity contribution in [3.8, 4) is 11.4 Å². The summed E-state index contributed by atoms with van der Waals surface area (Å²) in [6.07, 6.45) is 5.22. The number of nitrogens with zero attached hydrogens (tertiary/aromatic N) is 4. The molecule has 0 aliphatic heterocycles. The third kappa shape index (κ3) is 3.67. The third-order valence-electron chi connectivity index (χ3n) is 4.78. The first-order chi connectivity index (χ1) is 14.6. The zero-order valence-electron chi connectivity index (χ0n) is 16.5. The van der Waals surface area contributed by atoms with Gasteiger partial charge in [0.05, 0.1) is 25.2 Å². The van der Waals surface area contributed by atoms with Crippen molar-refractivity contribution >= 4 is 34.4 Å². The number of nitrogens with one attached hydrogen (secondary N) is 1. The van der Waals surface area contributed by atoms with Gasteiger partial charge >= 0.3 is 0 Å². The minimum atomic E-state index is -0.440. The molecular weight excluding hydrogens is 402 g/mol. The molecule has 152 valence electrons. The summed E-state index contributed by atoms with van der Waals surface area (Å²) >= 11 is 6.27. The minimum Gasteiger partial charge on any atom is -0.497 e. The number of methoxy groups -OCH3 is 1. The normalized spacial score (nSPS) is 11.3. The second-order valence-electron chi connectivity index (χ2n) is 6.54. The number of aryl methyl sites for hydroxylation is 1. The molecule has 0 saturated heterocycles. The van der Waals surface area contributed by atoms with Crippen LogP contribution in [-0.4, -0.2) is 27.7 Å². The largest absolute Gasteiger partial charge is 0.497 e. The second-order valence-corrected chi connectivity index (χ2v) is 6.92. The summed E-state index contributed by atoms with van der Waals surface area (Å²) in [5, 5.41) is 9.56. The van der Waals surface area contributed by atoms with Crippen molar-refractivity contribution in [3.63, 3.8) is 0 Å². The van der Waals surface area contributed by atoms with Gasteiger partial charge in [-0.05, 0) is 37.3 Å². The van der Waals surface area contributed by atoms with E-state index in [1.807, 2.05) is 24.4 Å². The molecule has 0 aliphatic carbocycles. The second kappa shape index (κ2) is 8.42. The SMILES string of the molecule is CCn1cc(/C=N\Nc2cnn(-c3ccc(OC)cc3)c(=O)c2Cl)c2ccccc21. The fourth-order valence-electron chi connectivity index (χ4n) is 3.23. The average Bonchev–Trinajstić information content (AvgIpc) is 3.15. The van der Waals surface area contributed by atoms with Crippen molar-refractivity contribution in [1.82, 2.24) is 14.3 Å². The fraction of sp³-hybridized carbons (Fsp3) is 0.136. The number of hydrogen-bond donors (Lipinski definition) is 1. The van der Waals surface area contributed by atoms with Crippen LogP contribution < -0.4 is 15.7 Å². The maximum absolute atomic E-state index is 12.6. The van der Waals surface area contributed by atoms with Crippen molar-refractivity contribution in [3.05, 3.63) is 81.9 Å². The van der Waals surface area contributed by atoms with Crippen LogP contribution in [0.3, 0.4) is 0 Å². The Balaban J connectivity index is 1.58. The van der Waals surface area contributed by atoms with Crippen LogP contribution >= 0.6 is 11.6 Å². The number of para-hydroxylation sites is 1. The van der Waals surface area contributed by atoms with Gasteiger partial charge in [-0.25, -0.2) is 0 Å². The number of benzene rings is 2. The van der Waals surface area contributed by atoms with E-state index >= 15 is 0 Å². The molecule has 0 unspecified atom stereocenters. The molecule has 0 amide bonds. The van der Waals surface area contributed by atoms with Crippen molar-refractivity contribution in [2.45, 2.75) is 13.5 Å². The predicted octanol–water partition coefficient (Wildman–Crippen LogP) is 4.32. The summed E-state index contributed by atoms with van der Waals surface area (Å²) in [6.45, 7) is 2.95. The number of hydrogen-bond acceptors (Lipinski definition) is 5. The van der Waals surface area contributed by atoms with Crippen LogP contribution in [0, 0.1) is 0 Å². The Morgan fingerprint density at radius 2 is 1.97 bits per heavy atom. The van der Waals surface area contributed by atoms with Gasteiger partial charge in [-0.15, -0.1) is 0 Å². The number of aromatic nitrogens is 3. The number of hydrazone groups is 1. The van der Waals surface area contributed by atoms with E-state index in [0.29, 0.717) is 17.1 Å². The number of rotatable bonds is 6. The molecular formula is C22H20ClN5O2. The lowest BCUT2D eigenvalue weighted by Crippen LogP contribution is -2.22. The monoisotopic (exact) mass is 421 g/mol. The molecule has 0 saturated carbocycles. The highest BCUT2D eigenvalue weighted by atomic mass is 35.5. The molecule has 0 radical (unpaired) electrons. The smallest absolute Gasteiger partial charge is 0.292 e. The van der Waals surface area contributed by atoms with Gasteiger partial charge in [0.25, 0.3) is 5.56 Å². The molecule has 0 fully saturated rings. The Morgan fingerprint density at radius 1 is 1.20 bits per heavy atom. The van der Waals surface area contributed by atoms with Gasteiger partial charge in [0.15, 0.2) is 0 Å². The molecule has 30 heavy (non-hydrogen) atoms. The lowest BCUT2D eigenvalue weighted by Gasteiger charge is -2.08. The lowest BCUT2D eigenvalue weighted by atomic mass is 10.2. The molecule has 0 aliphatic rings.